The summed E-state index contributed by atoms with van der Waals surface area (Å²) in [4.78, 5) is 6.99. The molecule has 1 fully saturated rings. The molecule has 6 heteroatoms. The summed E-state index contributed by atoms with van der Waals surface area (Å²) in [6, 6.07) is 0. The molecule has 2 aromatic rings. The van der Waals surface area contributed by atoms with Crippen LogP contribution in [0.25, 0.3) is 10.6 Å². The molecule has 4 nitrogen and oxygen atoms in total. The molecule has 3 heterocycles. The normalized spacial score (nSPS) is 19.3. The average Bonchev–Trinajstić information content (AvgIpc) is 3.08. The number of nitrogen functional groups attached to an aromatic ring is 1. The van der Waals surface area contributed by atoms with Gasteiger partial charge >= 0.3 is 0 Å². The van der Waals surface area contributed by atoms with Crippen LogP contribution in [-0.2, 0) is 0 Å². The lowest BCUT2D eigenvalue weighted by Gasteiger charge is -2.17. The molecule has 1 unspecified atom stereocenters. The van der Waals surface area contributed by atoms with E-state index in [1.807, 2.05) is 6.92 Å². The molecule has 0 aromatic carbocycles. The molecule has 1 saturated heterocycles. The van der Waals surface area contributed by atoms with Crippen molar-refractivity contribution in [1.29, 1.82) is 0 Å². The number of thiazole rings is 1. The van der Waals surface area contributed by atoms with Crippen molar-refractivity contribution >= 4 is 33.7 Å². The van der Waals surface area contributed by atoms with Gasteiger partial charge in [0, 0.05) is 24.2 Å². The highest BCUT2D eigenvalue weighted by Crippen LogP contribution is 2.42. The van der Waals surface area contributed by atoms with Crippen LogP contribution in [0.2, 0.25) is 0 Å². The van der Waals surface area contributed by atoms with Gasteiger partial charge in [-0.05, 0) is 30.8 Å². The van der Waals surface area contributed by atoms with E-state index in [9.17, 15) is 0 Å². The monoisotopic (exact) mass is 294 g/mol. The van der Waals surface area contributed by atoms with Crippen LogP contribution in [0, 0.1) is 12.8 Å². The van der Waals surface area contributed by atoms with Crippen molar-refractivity contribution in [3.05, 3.63) is 11.1 Å². The van der Waals surface area contributed by atoms with E-state index in [-0.39, 0.29) is 0 Å². The predicted molar refractivity (Wildman–Crippen MR) is 83.0 cm³/mol. The molecule has 1 aliphatic rings. The highest BCUT2D eigenvalue weighted by Gasteiger charge is 2.27. The molecular formula is C13H18N4S2. The fourth-order valence-corrected chi connectivity index (χ4v) is 4.29. The standard InChI is InChI=1S/C13H18N4S2/c1-3-9-4-5-17(6-9)13-10(11(14)16-19-13)12-15-8(2)7-18-12/h7,9H,3-6H2,1-2H3,(H2,14,16). The Balaban J connectivity index is 1.95. The van der Waals surface area contributed by atoms with Crippen LogP contribution in [0.4, 0.5) is 10.8 Å². The molecule has 3 rings (SSSR count). The van der Waals surface area contributed by atoms with Gasteiger partial charge < -0.3 is 10.6 Å². The molecule has 19 heavy (non-hydrogen) atoms. The Kier molecular flexibility index (Phi) is 3.45. The van der Waals surface area contributed by atoms with Gasteiger partial charge in [-0.15, -0.1) is 11.3 Å². The summed E-state index contributed by atoms with van der Waals surface area (Å²) in [6.07, 6.45) is 2.52. The van der Waals surface area contributed by atoms with E-state index in [0.29, 0.717) is 5.82 Å². The van der Waals surface area contributed by atoms with E-state index in [1.54, 1.807) is 11.3 Å². The Labute approximate surface area is 121 Å². The van der Waals surface area contributed by atoms with Crippen molar-refractivity contribution in [1.82, 2.24) is 9.36 Å². The quantitative estimate of drug-likeness (QED) is 0.942. The molecule has 102 valence electrons. The van der Waals surface area contributed by atoms with Crippen molar-refractivity contribution in [3.63, 3.8) is 0 Å². The topological polar surface area (TPSA) is 55.0 Å². The van der Waals surface area contributed by atoms with E-state index in [4.69, 9.17) is 5.73 Å². The molecule has 0 amide bonds. The number of hydrogen-bond donors (Lipinski definition) is 1. The van der Waals surface area contributed by atoms with Crippen LogP contribution in [0.1, 0.15) is 25.5 Å². The van der Waals surface area contributed by atoms with Gasteiger partial charge in [0.15, 0.2) is 0 Å². The van der Waals surface area contributed by atoms with E-state index in [0.717, 1.165) is 35.3 Å². The smallest absolute Gasteiger partial charge is 0.149 e. The first-order valence-electron chi connectivity index (χ1n) is 6.61. The second-order valence-corrected chi connectivity index (χ2v) is 6.66. The number of aryl methyl sites for hydroxylation is 1. The molecule has 0 bridgehead atoms. The van der Waals surface area contributed by atoms with Gasteiger partial charge in [0.25, 0.3) is 0 Å². The Hall–Kier alpha value is -1.14. The van der Waals surface area contributed by atoms with Crippen LogP contribution in [-0.4, -0.2) is 22.4 Å². The third kappa shape index (κ3) is 2.34. The zero-order chi connectivity index (χ0) is 13.4. The van der Waals surface area contributed by atoms with Crippen LogP contribution >= 0.6 is 22.9 Å². The van der Waals surface area contributed by atoms with Gasteiger partial charge in [-0.1, -0.05) is 13.3 Å². The molecule has 2 N–H and O–H groups in total. The van der Waals surface area contributed by atoms with E-state index in [2.05, 4.69) is 26.6 Å². The average molecular weight is 294 g/mol. The molecule has 1 aliphatic heterocycles. The van der Waals surface area contributed by atoms with E-state index >= 15 is 0 Å². The highest BCUT2D eigenvalue weighted by molar-refractivity contribution is 7.15. The summed E-state index contributed by atoms with van der Waals surface area (Å²) in [6.45, 7) is 6.51. The maximum absolute atomic E-state index is 6.06. The van der Waals surface area contributed by atoms with E-state index < -0.39 is 0 Å². The third-order valence-corrected chi connectivity index (χ3v) is 5.58. The second-order valence-electron chi connectivity index (χ2n) is 5.05. The Morgan fingerprint density at radius 3 is 3.00 bits per heavy atom. The highest BCUT2D eigenvalue weighted by atomic mass is 32.1. The van der Waals surface area contributed by atoms with Crippen molar-refractivity contribution in [3.8, 4) is 10.6 Å². The number of nitrogens with zero attached hydrogens (tertiary/aromatic N) is 3. The molecule has 1 atom stereocenters. The van der Waals surface area contributed by atoms with Crippen molar-refractivity contribution < 1.29 is 0 Å². The van der Waals surface area contributed by atoms with Gasteiger partial charge in [-0.3, -0.25) is 0 Å². The van der Waals surface area contributed by atoms with Gasteiger partial charge in [0.1, 0.15) is 15.8 Å². The molecular weight excluding hydrogens is 276 g/mol. The van der Waals surface area contributed by atoms with Crippen LogP contribution in [0.5, 0.6) is 0 Å². The summed E-state index contributed by atoms with van der Waals surface area (Å²) < 4.78 is 4.34. The Morgan fingerprint density at radius 1 is 1.53 bits per heavy atom. The van der Waals surface area contributed by atoms with Crippen molar-refractivity contribution in [2.24, 2.45) is 5.92 Å². The number of aromatic nitrogens is 2. The molecule has 0 aliphatic carbocycles. The lowest BCUT2D eigenvalue weighted by molar-refractivity contribution is 0.569. The maximum atomic E-state index is 6.06. The number of rotatable bonds is 3. The zero-order valence-corrected chi connectivity index (χ0v) is 12.9. The van der Waals surface area contributed by atoms with Crippen LogP contribution < -0.4 is 10.6 Å². The molecule has 0 radical (unpaired) electrons. The van der Waals surface area contributed by atoms with Crippen LogP contribution in [0.3, 0.4) is 0 Å². The molecule has 2 aromatic heterocycles. The SMILES string of the molecule is CCC1CCN(c2snc(N)c2-c2nc(C)cs2)C1. The van der Waals surface area contributed by atoms with Gasteiger partial charge in [0.2, 0.25) is 0 Å². The number of hydrogen-bond acceptors (Lipinski definition) is 6. The number of nitrogens with two attached hydrogens (primary N) is 1. The van der Waals surface area contributed by atoms with E-state index in [1.165, 1.54) is 29.4 Å². The van der Waals surface area contributed by atoms with Crippen molar-refractivity contribution in [2.45, 2.75) is 26.7 Å². The zero-order valence-electron chi connectivity index (χ0n) is 11.2. The summed E-state index contributed by atoms with van der Waals surface area (Å²) in [5, 5.41) is 4.26. The summed E-state index contributed by atoms with van der Waals surface area (Å²) in [5.74, 6) is 1.42. The maximum Gasteiger partial charge on any atom is 0.149 e. The summed E-state index contributed by atoms with van der Waals surface area (Å²) in [5.41, 5.74) is 8.14. The molecule has 0 spiro atoms. The lowest BCUT2D eigenvalue weighted by atomic mass is 10.1. The van der Waals surface area contributed by atoms with Crippen molar-refractivity contribution in [2.75, 3.05) is 23.7 Å². The summed E-state index contributed by atoms with van der Waals surface area (Å²) >= 11 is 3.16. The van der Waals surface area contributed by atoms with Gasteiger partial charge in [-0.2, -0.15) is 4.37 Å². The first-order chi connectivity index (χ1) is 9.19. The largest absolute Gasteiger partial charge is 0.382 e. The number of anilines is 2. The second kappa shape index (κ2) is 5.09. The fourth-order valence-electron chi connectivity index (χ4n) is 2.53. The van der Waals surface area contributed by atoms with Crippen LogP contribution in [0.15, 0.2) is 5.38 Å². The fraction of sp³-hybridized carbons (Fsp3) is 0.538. The predicted octanol–water partition coefficient (Wildman–Crippen LogP) is 3.39. The molecule has 0 saturated carbocycles. The first-order valence-corrected chi connectivity index (χ1v) is 8.27. The van der Waals surface area contributed by atoms with Gasteiger partial charge in [0.05, 0.1) is 5.56 Å². The Morgan fingerprint density at radius 2 is 2.37 bits per heavy atom. The Bertz CT molecular complexity index is 575. The summed E-state index contributed by atoms with van der Waals surface area (Å²) in [7, 11) is 0. The third-order valence-electron chi connectivity index (χ3n) is 3.68. The minimum absolute atomic E-state index is 0.620. The minimum Gasteiger partial charge on any atom is -0.382 e. The lowest BCUT2D eigenvalue weighted by Crippen LogP contribution is -2.19. The van der Waals surface area contributed by atoms with Gasteiger partial charge in [-0.25, -0.2) is 4.98 Å². The minimum atomic E-state index is 0.620. The first kappa shape index (κ1) is 12.9.